The van der Waals surface area contributed by atoms with Crippen molar-refractivity contribution < 1.29 is 33.1 Å². The van der Waals surface area contributed by atoms with Gasteiger partial charge in [0, 0.05) is 30.1 Å². The molecule has 3 fully saturated rings. The van der Waals surface area contributed by atoms with Crippen molar-refractivity contribution in [3.63, 3.8) is 0 Å². The molecule has 1 saturated heterocycles. The van der Waals surface area contributed by atoms with E-state index in [1.54, 1.807) is 18.2 Å². The summed E-state index contributed by atoms with van der Waals surface area (Å²) in [6, 6.07) is 10.2. The second-order valence-corrected chi connectivity index (χ2v) is 13.4. The van der Waals surface area contributed by atoms with Crippen LogP contribution in [-0.4, -0.2) is 59.2 Å². The molecule has 10 nitrogen and oxygen atoms in total. The molecule has 0 radical (unpaired) electrons. The van der Waals surface area contributed by atoms with Gasteiger partial charge in [-0.1, -0.05) is 49.7 Å². The summed E-state index contributed by atoms with van der Waals surface area (Å²) in [5.41, 5.74) is 0.394. The summed E-state index contributed by atoms with van der Waals surface area (Å²) in [7, 11) is 0. The summed E-state index contributed by atoms with van der Waals surface area (Å²) in [6.45, 7) is 4.14. The zero-order chi connectivity index (χ0) is 33.0. The Hall–Kier alpha value is -3.99. The second kappa shape index (κ2) is 14.2. The number of rotatable bonds is 14. The van der Waals surface area contributed by atoms with Gasteiger partial charge >= 0.3 is 6.09 Å². The van der Waals surface area contributed by atoms with Gasteiger partial charge in [-0.05, 0) is 86.3 Å². The van der Waals surface area contributed by atoms with E-state index in [9.17, 15) is 28.4 Å². The fraction of sp³-hybridized carbons (Fsp3) is 0.500. The van der Waals surface area contributed by atoms with Crippen LogP contribution in [0.5, 0.6) is 0 Å². The van der Waals surface area contributed by atoms with Crippen molar-refractivity contribution in [1.82, 2.24) is 20.9 Å². The number of nitrogens with zero attached hydrogens (tertiary/aromatic N) is 1. The standard InChI is InChI=1S/C34H40ClFN4O6/c1-20(2)16-28(31(43)39-27(17-22-12-15-37-30(22)42)29(41)32(44)38-26-10-11-26)40(19-21-6-8-25(36)9-7-21)33(45)46-34(13-14-34)23-4-3-5-24(35)18-23/h3-9,18,20,22,26-28H,10-17,19H2,1-2H3,(H,37,42)(H,38,44)(H,39,43). The van der Waals surface area contributed by atoms with Crippen molar-refractivity contribution in [2.24, 2.45) is 11.8 Å². The number of amides is 4. The first-order valence-electron chi connectivity index (χ1n) is 15.9. The van der Waals surface area contributed by atoms with Crippen molar-refractivity contribution in [1.29, 1.82) is 0 Å². The largest absolute Gasteiger partial charge is 0.438 e. The Kier molecular flexibility index (Phi) is 10.3. The summed E-state index contributed by atoms with van der Waals surface area (Å²) < 4.78 is 19.9. The first-order chi connectivity index (χ1) is 21.9. The monoisotopic (exact) mass is 654 g/mol. The van der Waals surface area contributed by atoms with Gasteiger partial charge in [0.25, 0.3) is 5.91 Å². The summed E-state index contributed by atoms with van der Waals surface area (Å²) in [5, 5.41) is 8.63. The number of hydrogen-bond donors (Lipinski definition) is 3. The average Bonchev–Trinajstić information content (AvgIpc) is 3.95. The van der Waals surface area contributed by atoms with E-state index in [1.165, 1.54) is 29.2 Å². The van der Waals surface area contributed by atoms with Gasteiger partial charge in [-0.2, -0.15) is 0 Å². The van der Waals surface area contributed by atoms with Crippen molar-refractivity contribution in [3.8, 4) is 0 Å². The highest BCUT2D eigenvalue weighted by Gasteiger charge is 2.50. The molecule has 1 heterocycles. The van der Waals surface area contributed by atoms with Gasteiger partial charge in [-0.25, -0.2) is 9.18 Å². The predicted octanol–water partition coefficient (Wildman–Crippen LogP) is 4.38. The van der Waals surface area contributed by atoms with E-state index in [0.717, 1.165) is 18.4 Å². The molecule has 3 aliphatic rings. The highest BCUT2D eigenvalue weighted by atomic mass is 35.5. The zero-order valence-electron chi connectivity index (χ0n) is 26.0. The normalized spacial score (nSPS) is 19.5. The van der Waals surface area contributed by atoms with Crippen LogP contribution in [-0.2, 0) is 36.1 Å². The average molecular weight is 655 g/mol. The van der Waals surface area contributed by atoms with E-state index in [-0.39, 0.29) is 37.3 Å². The summed E-state index contributed by atoms with van der Waals surface area (Å²) >= 11 is 6.23. The third kappa shape index (κ3) is 8.43. The van der Waals surface area contributed by atoms with Gasteiger partial charge in [0.2, 0.25) is 17.6 Å². The number of benzene rings is 2. The van der Waals surface area contributed by atoms with Gasteiger partial charge in [-0.15, -0.1) is 0 Å². The molecule has 2 aromatic rings. The molecule has 0 bridgehead atoms. The third-order valence-electron chi connectivity index (χ3n) is 8.66. The fourth-order valence-corrected chi connectivity index (χ4v) is 5.96. The first kappa shape index (κ1) is 33.4. The highest BCUT2D eigenvalue weighted by Crippen LogP contribution is 2.50. The first-order valence-corrected chi connectivity index (χ1v) is 16.2. The quantitative estimate of drug-likeness (QED) is 0.259. The lowest BCUT2D eigenvalue weighted by Gasteiger charge is -2.34. The van der Waals surface area contributed by atoms with Crippen LogP contribution in [0.2, 0.25) is 5.02 Å². The molecule has 3 N–H and O–H groups in total. The summed E-state index contributed by atoms with van der Waals surface area (Å²) in [4.78, 5) is 68.1. The minimum Gasteiger partial charge on any atom is -0.438 e. The van der Waals surface area contributed by atoms with Crippen molar-refractivity contribution in [2.75, 3.05) is 6.54 Å². The lowest BCUT2D eigenvalue weighted by atomic mass is 9.94. The molecule has 4 amide bonds. The number of carbonyl (C=O) groups excluding carboxylic acids is 5. The SMILES string of the molecule is CC(C)CC(C(=O)NC(CC1CCNC1=O)C(=O)C(=O)NC1CC1)N(Cc1ccc(F)cc1)C(=O)OC1(c2cccc(Cl)c2)CC1. The van der Waals surface area contributed by atoms with Crippen LogP contribution in [0.3, 0.4) is 0 Å². The number of carbonyl (C=O) groups is 5. The second-order valence-electron chi connectivity index (χ2n) is 13.0. The van der Waals surface area contributed by atoms with Gasteiger partial charge in [-0.3, -0.25) is 24.1 Å². The van der Waals surface area contributed by atoms with Gasteiger partial charge < -0.3 is 20.7 Å². The van der Waals surface area contributed by atoms with E-state index in [0.29, 0.717) is 36.4 Å². The molecule has 3 atom stereocenters. The Morgan fingerprint density at radius 3 is 2.39 bits per heavy atom. The van der Waals surface area contributed by atoms with Crippen LogP contribution in [0.4, 0.5) is 9.18 Å². The Morgan fingerprint density at radius 2 is 1.80 bits per heavy atom. The molecule has 3 unspecified atom stereocenters. The minimum atomic E-state index is -1.28. The van der Waals surface area contributed by atoms with Crippen LogP contribution >= 0.6 is 11.6 Å². The minimum absolute atomic E-state index is 0.0524. The van der Waals surface area contributed by atoms with Crippen molar-refractivity contribution >= 4 is 41.2 Å². The van der Waals surface area contributed by atoms with Crippen LogP contribution in [0.1, 0.15) is 69.9 Å². The van der Waals surface area contributed by atoms with Crippen LogP contribution < -0.4 is 16.0 Å². The topological polar surface area (TPSA) is 134 Å². The van der Waals surface area contributed by atoms with E-state index in [2.05, 4.69) is 16.0 Å². The van der Waals surface area contributed by atoms with E-state index >= 15 is 0 Å². The number of halogens is 2. The summed E-state index contributed by atoms with van der Waals surface area (Å²) in [5.74, 6) is -3.63. The van der Waals surface area contributed by atoms with Crippen molar-refractivity contribution in [3.05, 3.63) is 70.5 Å². The smallest absolute Gasteiger partial charge is 0.411 e. The van der Waals surface area contributed by atoms with Crippen molar-refractivity contribution in [2.45, 2.75) is 89.1 Å². The summed E-state index contributed by atoms with van der Waals surface area (Å²) in [6.07, 6.45) is 2.54. The molecule has 2 aliphatic carbocycles. The maximum atomic E-state index is 14.2. The van der Waals surface area contributed by atoms with E-state index in [4.69, 9.17) is 16.3 Å². The van der Waals surface area contributed by atoms with E-state index in [1.807, 2.05) is 19.9 Å². The molecule has 246 valence electrons. The number of ether oxygens (including phenoxy) is 1. The van der Waals surface area contributed by atoms with E-state index < -0.39 is 53.1 Å². The predicted molar refractivity (Wildman–Crippen MR) is 168 cm³/mol. The van der Waals surface area contributed by atoms with Crippen LogP contribution in [0.25, 0.3) is 0 Å². The van der Waals surface area contributed by atoms with Crippen LogP contribution in [0, 0.1) is 17.7 Å². The van der Waals surface area contributed by atoms with Gasteiger partial charge in [0.15, 0.2) is 0 Å². The molecule has 1 aliphatic heterocycles. The molecule has 12 heteroatoms. The lowest BCUT2D eigenvalue weighted by Crippen LogP contribution is -2.56. The molecule has 2 saturated carbocycles. The van der Waals surface area contributed by atoms with Gasteiger partial charge in [0.05, 0.1) is 6.04 Å². The number of Topliss-reactive ketones (excluding diaryl/α,β-unsaturated/α-hetero) is 1. The Balaban J connectivity index is 1.43. The Bertz CT molecular complexity index is 1480. The Labute approximate surface area is 272 Å². The molecule has 46 heavy (non-hydrogen) atoms. The molecule has 0 aromatic heterocycles. The number of hydrogen-bond acceptors (Lipinski definition) is 6. The molecule has 2 aromatic carbocycles. The molecule has 5 rings (SSSR count). The third-order valence-corrected chi connectivity index (χ3v) is 8.90. The zero-order valence-corrected chi connectivity index (χ0v) is 26.8. The molecular formula is C34H40ClFN4O6. The maximum absolute atomic E-state index is 14.2. The van der Waals surface area contributed by atoms with Gasteiger partial charge in [0.1, 0.15) is 17.5 Å². The fourth-order valence-electron chi connectivity index (χ4n) is 5.77. The lowest BCUT2D eigenvalue weighted by molar-refractivity contribution is -0.141. The van der Waals surface area contributed by atoms with Crippen LogP contribution in [0.15, 0.2) is 48.5 Å². The molecule has 0 spiro atoms. The maximum Gasteiger partial charge on any atom is 0.411 e. The highest BCUT2D eigenvalue weighted by molar-refractivity contribution is 6.38. The Morgan fingerprint density at radius 1 is 1.09 bits per heavy atom. The number of ketones is 1. The molecular weight excluding hydrogens is 615 g/mol. The number of nitrogens with one attached hydrogen (secondary N) is 3.